The molecule has 20 heavy (non-hydrogen) atoms. The van der Waals surface area contributed by atoms with Gasteiger partial charge in [-0.15, -0.1) is 11.3 Å². The molecular formula is C16H31N3S. The molecule has 3 nitrogen and oxygen atoms in total. The molecule has 1 heterocycles. The third kappa shape index (κ3) is 5.80. The topological polar surface area (TPSA) is 28.2 Å². The average Bonchev–Trinajstić information content (AvgIpc) is 2.68. The van der Waals surface area contributed by atoms with E-state index in [1.807, 2.05) is 11.3 Å². The summed E-state index contributed by atoms with van der Waals surface area (Å²) >= 11 is 1.84. The van der Waals surface area contributed by atoms with Crippen molar-refractivity contribution in [2.75, 3.05) is 18.5 Å². The Labute approximate surface area is 128 Å². The molecule has 1 rings (SSSR count). The van der Waals surface area contributed by atoms with Crippen molar-refractivity contribution >= 4 is 16.5 Å². The maximum atomic E-state index is 4.87. The minimum atomic E-state index is 0.293. The molecule has 0 bridgehead atoms. The highest BCUT2D eigenvalue weighted by atomic mass is 32.1. The number of rotatable bonds is 7. The van der Waals surface area contributed by atoms with Crippen molar-refractivity contribution in [1.29, 1.82) is 0 Å². The van der Waals surface area contributed by atoms with Gasteiger partial charge < -0.3 is 10.2 Å². The molecule has 0 aromatic carbocycles. The van der Waals surface area contributed by atoms with Crippen LogP contribution in [-0.4, -0.2) is 24.6 Å². The second-order valence-electron chi connectivity index (χ2n) is 7.07. The standard InChI is InChI=1S/C16H31N3S/c1-8-9-13-14(10-17-12(2)3)20-15(18-13)19(7)11-16(4,5)6/h12,17H,8-11H2,1-7H3. The molecule has 0 saturated heterocycles. The Morgan fingerprint density at radius 2 is 1.95 bits per heavy atom. The normalized spacial score (nSPS) is 12.2. The van der Waals surface area contributed by atoms with Crippen LogP contribution in [0, 0.1) is 5.41 Å². The van der Waals surface area contributed by atoms with Crippen LogP contribution in [-0.2, 0) is 13.0 Å². The van der Waals surface area contributed by atoms with Gasteiger partial charge in [0.05, 0.1) is 5.69 Å². The fourth-order valence-corrected chi connectivity index (χ4v) is 3.20. The quantitative estimate of drug-likeness (QED) is 0.822. The van der Waals surface area contributed by atoms with Gasteiger partial charge in [0.15, 0.2) is 5.13 Å². The summed E-state index contributed by atoms with van der Waals surface area (Å²) in [6, 6.07) is 0.516. The molecule has 1 aromatic rings. The van der Waals surface area contributed by atoms with Crippen molar-refractivity contribution in [3.05, 3.63) is 10.6 Å². The first-order valence-electron chi connectivity index (χ1n) is 7.66. The van der Waals surface area contributed by atoms with Crippen LogP contribution in [0.4, 0.5) is 5.13 Å². The van der Waals surface area contributed by atoms with E-state index in [2.05, 4.69) is 58.8 Å². The van der Waals surface area contributed by atoms with Crippen molar-refractivity contribution < 1.29 is 0 Å². The van der Waals surface area contributed by atoms with Crippen molar-refractivity contribution in [1.82, 2.24) is 10.3 Å². The highest BCUT2D eigenvalue weighted by molar-refractivity contribution is 7.15. The fourth-order valence-electron chi connectivity index (χ4n) is 2.18. The molecule has 116 valence electrons. The molecule has 0 amide bonds. The van der Waals surface area contributed by atoms with Gasteiger partial charge in [-0.3, -0.25) is 0 Å². The van der Waals surface area contributed by atoms with Crippen LogP contribution in [0.1, 0.15) is 58.5 Å². The van der Waals surface area contributed by atoms with Gasteiger partial charge in [-0.2, -0.15) is 0 Å². The van der Waals surface area contributed by atoms with E-state index in [9.17, 15) is 0 Å². The lowest BCUT2D eigenvalue weighted by Gasteiger charge is -2.26. The largest absolute Gasteiger partial charge is 0.351 e. The highest BCUT2D eigenvalue weighted by Crippen LogP contribution is 2.28. The minimum absolute atomic E-state index is 0.293. The van der Waals surface area contributed by atoms with Gasteiger partial charge in [0.1, 0.15) is 0 Å². The van der Waals surface area contributed by atoms with Crippen LogP contribution in [0.15, 0.2) is 0 Å². The van der Waals surface area contributed by atoms with Gasteiger partial charge >= 0.3 is 0 Å². The monoisotopic (exact) mass is 297 g/mol. The molecule has 0 spiro atoms. The molecule has 0 aliphatic heterocycles. The zero-order chi connectivity index (χ0) is 15.3. The second-order valence-corrected chi connectivity index (χ2v) is 8.13. The van der Waals surface area contributed by atoms with Gasteiger partial charge in [-0.25, -0.2) is 4.98 Å². The van der Waals surface area contributed by atoms with Crippen LogP contribution in [0.25, 0.3) is 0 Å². The van der Waals surface area contributed by atoms with E-state index in [1.54, 1.807) is 0 Å². The number of thiazole rings is 1. The Morgan fingerprint density at radius 3 is 2.45 bits per heavy atom. The van der Waals surface area contributed by atoms with Gasteiger partial charge in [-0.05, 0) is 11.8 Å². The second kappa shape index (κ2) is 7.41. The Balaban J connectivity index is 2.84. The summed E-state index contributed by atoms with van der Waals surface area (Å²) in [5.74, 6) is 0. The summed E-state index contributed by atoms with van der Waals surface area (Å²) in [7, 11) is 2.15. The minimum Gasteiger partial charge on any atom is -0.351 e. The first-order valence-corrected chi connectivity index (χ1v) is 8.47. The molecule has 0 fully saturated rings. The van der Waals surface area contributed by atoms with Gasteiger partial charge in [0.25, 0.3) is 0 Å². The predicted octanol–water partition coefficient (Wildman–Crippen LogP) is 4.08. The average molecular weight is 298 g/mol. The predicted molar refractivity (Wildman–Crippen MR) is 90.8 cm³/mol. The Hall–Kier alpha value is -0.610. The lowest BCUT2D eigenvalue weighted by molar-refractivity contribution is 0.418. The molecule has 0 aliphatic carbocycles. The van der Waals surface area contributed by atoms with Crippen LogP contribution < -0.4 is 10.2 Å². The SMILES string of the molecule is CCCc1nc(N(C)CC(C)(C)C)sc1CNC(C)C. The molecule has 0 unspecified atom stereocenters. The van der Waals surface area contributed by atoms with Gasteiger partial charge in [0.2, 0.25) is 0 Å². The van der Waals surface area contributed by atoms with E-state index in [4.69, 9.17) is 4.98 Å². The van der Waals surface area contributed by atoms with Crippen molar-refractivity contribution in [3.63, 3.8) is 0 Å². The Morgan fingerprint density at radius 1 is 1.30 bits per heavy atom. The van der Waals surface area contributed by atoms with Gasteiger partial charge in [-0.1, -0.05) is 48.0 Å². The number of aromatic nitrogens is 1. The van der Waals surface area contributed by atoms with Crippen molar-refractivity contribution in [2.45, 2.75) is 67.0 Å². The number of hydrogen-bond acceptors (Lipinski definition) is 4. The van der Waals surface area contributed by atoms with E-state index < -0.39 is 0 Å². The smallest absolute Gasteiger partial charge is 0.185 e. The molecule has 4 heteroatoms. The van der Waals surface area contributed by atoms with Crippen LogP contribution in [0.5, 0.6) is 0 Å². The zero-order valence-corrected chi connectivity index (χ0v) is 15.0. The lowest BCUT2D eigenvalue weighted by atomic mass is 9.96. The number of anilines is 1. The number of nitrogens with one attached hydrogen (secondary N) is 1. The maximum absolute atomic E-state index is 4.87. The molecule has 0 atom stereocenters. The molecule has 0 aliphatic rings. The van der Waals surface area contributed by atoms with Crippen molar-refractivity contribution in [2.24, 2.45) is 5.41 Å². The lowest BCUT2D eigenvalue weighted by Crippen LogP contribution is -2.28. The summed E-state index contributed by atoms with van der Waals surface area (Å²) in [5.41, 5.74) is 1.57. The number of nitrogens with zero attached hydrogens (tertiary/aromatic N) is 2. The molecule has 1 aromatic heterocycles. The fraction of sp³-hybridized carbons (Fsp3) is 0.812. The molecule has 1 N–H and O–H groups in total. The third-order valence-corrected chi connectivity index (χ3v) is 4.17. The summed E-state index contributed by atoms with van der Waals surface area (Å²) in [5, 5.41) is 4.67. The summed E-state index contributed by atoms with van der Waals surface area (Å²) in [4.78, 5) is 8.56. The summed E-state index contributed by atoms with van der Waals surface area (Å²) in [6.07, 6.45) is 2.23. The van der Waals surface area contributed by atoms with Gasteiger partial charge in [0, 0.05) is 31.1 Å². The van der Waals surface area contributed by atoms with Crippen LogP contribution >= 0.6 is 11.3 Å². The maximum Gasteiger partial charge on any atom is 0.185 e. The molecule has 0 radical (unpaired) electrons. The third-order valence-electron chi connectivity index (χ3n) is 2.96. The Bertz CT molecular complexity index is 404. The van der Waals surface area contributed by atoms with E-state index in [-0.39, 0.29) is 0 Å². The molecular weight excluding hydrogens is 266 g/mol. The summed E-state index contributed by atoms with van der Waals surface area (Å²) < 4.78 is 0. The summed E-state index contributed by atoms with van der Waals surface area (Å²) in [6.45, 7) is 15.4. The van der Waals surface area contributed by atoms with Crippen LogP contribution in [0.3, 0.4) is 0 Å². The highest BCUT2D eigenvalue weighted by Gasteiger charge is 2.18. The van der Waals surface area contributed by atoms with Crippen LogP contribution in [0.2, 0.25) is 0 Å². The van der Waals surface area contributed by atoms with E-state index >= 15 is 0 Å². The Kier molecular flexibility index (Phi) is 6.46. The van der Waals surface area contributed by atoms with E-state index in [1.165, 1.54) is 10.6 Å². The zero-order valence-electron chi connectivity index (χ0n) is 14.2. The van der Waals surface area contributed by atoms with Crippen molar-refractivity contribution in [3.8, 4) is 0 Å². The number of aryl methyl sites for hydroxylation is 1. The van der Waals surface area contributed by atoms with E-state index in [0.29, 0.717) is 11.5 Å². The first kappa shape index (κ1) is 17.4. The molecule has 0 saturated carbocycles. The first-order chi connectivity index (χ1) is 9.23. The number of hydrogen-bond donors (Lipinski definition) is 1. The van der Waals surface area contributed by atoms with E-state index in [0.717, 1.165) is 31.1 Å².